The number of carbonyl (C=O) groups excluding carboxylic acids is 1. The third-order valence-electron chi connectivity index (χ3n) is 5.09. The summed E-state index contributed by atoms with van der Waals surface area (Å²) in [7, 11) is -3.58. The van der Waals surface area contributed by atoms with Crippen molar-refractivity contribution in [1.82, 2.24) is 19.2 Å². The van der Waals surface area contributed by atoms with Gasteiger partial charge in [-0.3, -0.25) is 4.79 Å². The quantitative estimate of drug-likeness (QED) is 0.683. The molecule has 1 saturated heterocycles. The molecule has 0 spiro atoms. The summed E-state index contributed by atoms with van der Waals surface area (Å²) >= 11 is 0. The van der Waals surface area contributed by atoms with Crippen molar-refractivity contribution in [2.75, 3.05) is 19.6 Å². The van der Waals surface area contributed by atoms with Gasteiger partial charge < -0.3 is 9.88 Å². The highest BCUT2D eigenvalue weighted by Gasteiger charge is 2.29. The van der Waals surface area contributed by atoms with Crippen LogP contribution in [0.15, 0.2) is 47.9 Å². The first-order valence-electron chi connectivity index (χ1n) is 9.77. The summed E-state index contributed by atoms with van der Waals surface area (Å²) in [4.78, 5) is 16.1. The molecule has 8 heteroatoms. The van der Waals surface area contributed by atoms with Crippen molar-refractivity contribution < 1.29 is 13.2 Å². The van der Waals surface area contributed by atoms with Crippen LogP contribution in [0.5, 0.6) is 0 Å². The molecule has 1 N–H and O–H groups in total. The summed E-state index contributed by atoms with van der Waals surface area (Å²) < 4.78 is 28.4. The van der Waals surface area contributed by atoms with E-state index in [0.29, 0.717) is 25.6 Å². The minimum absolute atomic E-state index is 0.0129. The molecule has 0 radical (unpaired) electrons. The van der Waals surface area contributed by atoms with E-state index in [0.717, 1.165) is 25.7 Å². The van der Waals surface area contributed by atoms with Gasteiger partial charge in [-0.05, 0) is 37.2 Å². The Morgan fingerprint density at radius 2 is 1.93 bits per heavy atom. The van der Waals surface area contributed by atoms with E-state index < -0.39 is 10.0 Å². The molecular weight excluding hydrogens is 376 g/mol. The maximum atomic E-state index is 12.7. The predicted octanol–water partition coefficient (Wildman–Crippen LogP) is 2.05. The van der Waals surface area contributed by atoms with E-state index >= 15 is 0 Å². The fraction of sp³-hybridized carbons (Fsp3) is 0.500. The fourth-order valence-electron chi connectivity index (χ4n) is 3.30. The number of imidazole rings is 1. The minimum atomic E-state index is -3.58. The van der Waals surface area contributed by atoms with E-state index in [1.807, 2.05) is 18.2 Å². The van der Waals surface area contributed by atoms with E-state index in [4.69, 9.17) is 0 Å². The van der Waals surface area contributed by atoms with Gasteiger partial charge in [-0.15, -0.1) is 0 Å². The fourth-order valence-corrected chi connectivity index (χ4v) is 4.71. The molecule has 1 amide bonds. The normalized spacial score (nSPS) is 16.2. The van der Waals surface area contributed by atoms with Crippen LogP contribution in [0.1, 0.15) is 31.7 Å². The lowest BCUT2D eigenvalue weighted by atomic mass is 10.0. The standard InChI is InChI=1S/C20H28N4O3S/c1-17-9-12-24(13-10-17)28(26,27)20-15-23(16-22-20)14-19(25)21-11-5-8-18-6-3-2-4-7-18/h2-4,6-7,15-17H,5,8-14H2,1H3,(H,21,25). The maximum absolute atomic E-state index is 12.7. The average Bonchev–Trinajstić information content (AvgIpc) is 3.16. The highest BCUT2D eigenvalue weighted by molar-refractivity contribution is 7.89. The topological polar surface area (TPSA) is 84.3 Å². The van der Waals surface area contributed by atoms with Crippen molar-refractivity contribution in [3.05, 3.63) is 48.4 Å². The molecule has 1 aromatic heterocycles. The molecule has 0 saturated carbocycles. The van der Waals surface area contributed by atoms with E-state index in [2.05, 4.69) is 29.4 Å². The van der Waals surface area contributed by atoms with E-state index in [-0.39, 0.29) is 17.5 Å². The van der Waals surface area contributed by atoms with Crippen LogP contribution in [-0.4, -0.2) is 47.8 Å². The van der Waals surface area contributed by atoms with Gasteiger partial charge in [0.15, 0.2) is 5.03 Å². The molecule has 0 bridgehead atoms. The molecular formula is C20H28N4O3S. The number of hydrogen-bond acceptors (Lipinski definition) is 4. The highest BCUT2D eigenvalue weighted by atomic mass is 32.2. The predicted molar refractivity (Wildman–Crippen MR) is 107 cm³/mol. The molecule has 0 aliphatic carbocycles. The summed E-state index contributed by atoms with van der Waals surface area (Å²) in [5.74, 6) is 0.399. The Bertz CT molecular complexity index is 872. The minimum Gasteiger partial charge on any atom is -0.355 e. The van der Waals surface area contributed by atoms with Crippen molar-refractivity contribution in [3.8, 4) is 0 Å². The summed E-state index contributed by atoms with van der Waals surface area (Å²) in [6.07, 6.45) is 6.34. The zero-order valence-corrected chi connectivity index (χ0v) is 17.1. The lowest BCUT2D eigenvalue weighted by Crippen LogP contribution is -2.38. The van der Waals surface area contributed by atoms with Crippen LogP contribution in [0.2, 0.25) is 0 Å². The Morgan fingerprint density at radius 1 is 1.21 bits per heavy atom. The van der Waals surface area contributed by atoms with Crippen LogP contribution in [0.4, 0.5) is 0 Å². The van der Waals surface area contributed by atoms with Gasteiger partial charge in [-0.1, -0.05) is 37.3 Å². The van der Waals surface area contributed by atoms with Gasteiger partial charge in [0.2, 0.25) is 5.91 Å². The Morgan fingerprint density at radius 3 is 2.64 bits per heavy atom. The number of sulfonamides is 1. The van der Waals surface area contributed by atoms with Crippen LogP contribution >= 0.6 is 0 Å². The number of carbonyl (C=O) groups is 1. The number of aromatic nitrogens is 2. The number of benzene rings is 1. The molecule has 1 aliphatic rings. The first-order chi connectivity index (χ1) is 13.4. The van der Waals surface area contributed by atoms with Crippen LogP contribution in [0.25, 0.3) is 0 Å². The highest BCUT2D eigenvalue weighted by Crippen LogP contribution is 2.22. The summed E-state index contributed by atoms with van der Waals surface area (Å²) in [6, 6.07) is 10.1. The van der Waals surface area contributed by atoms with Crippen LogP contribution in [0, 0.1) is 5.92 Å². The molecule has 28 heavy (non-hydrogen) atoms. The largest absolute Gasteiger partial charge is 0.355 e. The average molecular weight is 405 g/mol. The number of nitrogens with zero attached hydrogens (tertiary/aromatic N) is 3. The molecule has 7 nitrogen and oxygen atoms in total. The van der Waals surface area contributed by atoms with E-state index in [1.54, 1.807) is 0 Å². The van der Waals surface area contributed by atoms with Crippen molar-refractivity contribution >= 4 is 15.9 Å². The summed E-state index contributed by atoms with van der Waals surface area (Å²) in [6.45, 7) is 3.83. The second-order valence-corrected chi connectivity index (χ2v) is 9.29. The third kappa shape index (κ3) is 5.42. The molecule has 1 aromatic carbocycles. The first kappa shape index (κ1) is 20.5. The SMILES string of the molecule is CC1CCN(S(=O)(=O)c2cn(CC(=O)NCCCc3ccccc3)cn2)CC1. The first-order valence-corrected chi connectivity index (χ1v) is 11.2. The lowest BCUT2D eigenvalue weighted by Gasteiger charge is -2.28. The summed E-state index contributed by atoms with van der Waals surface area (Å²) in [5, 5.41) is 2.88. The van der Waals surface area contributed by atoms with Crippen molar-refractivity contribution in [2.45, 2.75) is 44.2 Å². The number of hydrogen-bond donors (Lipinski definition) is 1. The third-order valence-corrected chi connectivity index (χ3v) is 6.87. The smallest absolute Gasteiger partial charge is 0.262 e. The Hall–Kier alpha value is -2.19. The maximum Gasteiger partial charge on any atom is 0.262 e. The molecule has 1 fully saturated rings. The molecule has 2 aromatic rings. The second kappa shape index (κ2) is 9.34. The lowest BCUT2D eigenvalue weighted by molar-refractivity contribution is -0.121. The number of rotatable bonds is 8. The second-order valence-electron chi connectivity index (χ2n) is 7.41. The molecule has 2 heterocycles. The number of aryl methyl sites for hydroxylation is 1. The molecule has 1 aliphatic heterocycles. The monoisotopic (exact) mass is 404 g/mol. The van der Waals surface area contributed by atoms with E-state index in [9.17, 15) is 13.2 Å². The van der Waals surface area contributed by atoms with E-state index in [1.165, 1.54) is 27.0 Å². The van der Waals surface area contributed by atoms with Gasteiger partial charge >= 0.3 is 0 Å². The Balaban J connectivity index is 1.46. The van der Waals surface area contributed by atoms with Gasteiger partial charge in [-0.2, -0.15) is 4.31 Å². The molecule has 0 atom stereocenters. The number of nitrogens with one attached hydrogen (secondary N) is 1. The molecule has 3 rings (SSSR count). The van der Waals surface area contributed by atoms with Crippen LogP contribution < -0.4 is 5.32 Å². The zero-order valence-electron chi connectivity index (χ0n) is 16.3. The Labute approximate surface area is 166 Å². The summed E-state index contributed by atoms with van der Waals surface area (Å²) in [5.41, 5.74) is 1.24. The van der Waals surface area contributed by atoms with Gasteiger partial charge in [0, 0.05) is 25.8 Å². The van der Waals surface area contributed by atoms with Gasteiger partial charge in [0.05, 0.1) is 6.33 Å². The zero-order chi connectivity index (χ0) is 20.0. The van der Waals surface area contributed by atoms with Gasteiger partial charge in [0.1, 0.15) is 6.54 Å². The number of piperidine rings is 1. The Kier molecular flexibility index (Phi) is 6.85. The van der Waals surface area contributed by atoms with Crippen LogP contribution in [-0.2, 0) is 27.8 Å². The molecule has 152 valence electrons. The van der Waals surface area contributed by atoms with Crippen molar-refractivity contribution in [2.24, 2.45) is 5.92 Å². The van der Waals surface area contributed by atoms with Gasteiger partial charge in [0.25, 0.3) is 10.0 Å². The molecule has 0 unspecified atom stereocenters. The van der Waals surface area contributed by atoms with Crippen LogP contribution in [0.3, 0.4) is 0 Å². The number of amides is 1. The van der Waals surface area contributed by atoms with Gasteiger partial charge in [-0.25, -0.2) is 13.4 Å². The van der Waals surface area contributed by atoms with Crippen molar-refractivity contribution in [1.29, 1.82) is 0 Å². The van der Waals surface area contributed by atoms with Crippen molar-refractivity contribution in [3.63, 3.8) is 0 Å².